The van der Waals surface area contributed by atoms with Gasteiger partial charge >= 0.3 is 11.6 Å². The molecule has 43 heavy (non-hydrogen) atoms. The summed E-state index contributed by atoms with van der Waals surface area (Å²) >= 11 is 0. The normalized spacial score (nSPS) is 23.5. The second-order valence-corrected chi connectivity index (χ2v) is 12.0. The van der Waals surface area contributed by atoms with Gasteiger partial charge in [0.25, 0.3) is 0 Å². The molecule has 0 spiro atoms. The van der Waals surface area contributed by atoms with Crippen LogP contribution in [0.3, 0.4) is 0 Å². The first kappa shape index (κ1) is 28.0. The molecule has 11 heteroatoms. The van der Waals surface area contributed by atoms with Gasteiger partial charge in [-0.25, -0.2) is 13.6 Å². The Balaban J connectivity index is 0.000000283. The minimum absolute atomic E-state index is 0.0606. The van der Waals surface area contributed by atoms with E-state index in [-0.39, 0.29) is 33.9 Å². The lowest BCUT2D eigenvalue weighted by Gasteiger charge is -2.48. The van der Waals surface area contributed by atoms with E-state index in [1.54, 1.807) is 19.1 Å². The van der Waals surface area contributed by atoms with Gasteiger partial charge in [-0.05, 0) is 62.7 Å². The van der Waals surface area contributed by atoms with Gasteiger partial charge in [0.2, 0.25) is 0 Å². The maximum Gasteiger partial charge on any atom is 0.349 e. The Morgan fingerprint density at radius 2 is 1.88 bits per heavy atom. The number of ether oxygens (including phenoxy) is 1. The molecule has 9 nitrogen and oxygen atoms in total. The van der Waals surface area contributed by atoms with Crippen LogP contribution in [-0.2, 0) is 0 Å². The molecule has 4 aliphatic rings. The van der Waals surface area contributed by atoms with Crippen LogP contribution in [0.1, 0.15) is 31.2 Å². The predicted octanol–water partition coefficient (Wildman–Crippen LogP) is 4.65. The summed E-state index contributed by atoms with van der Waals surface area (Å²) in [5.74, 6) is 0.103. The first-order chi connectivity index (χ1) is 20.8. The van der Waals surface area contributed by atoms with Gasteiger partial charge in [0.05, 0.1) is 12.6 Å². The van der Waals surface area contributed by atoms with E-state index in [0.717, 1.165) is 45.6 Å². The van der Waals surface area contributed by atoms with Gasteiger partial charge in [-0.15, -0.1) is 0 Å². The Morgan fingerprint density at radius 3 is 2.63 bits per heavy atom. The fourth-order valence-corrected chi connectivity index (χ4v) is 7.15. The van der Waals surface area contributed by atoms with Crippen molar-refractivity contribution in [2.24, 2.45) is 0 Å². The summed E-state index contributed by atoms with van der Waals surface area (Å²) < 4.78 is 38.6. The number of methoxy groups -OCH3 is 1. The van der Waals surface area contributed by atoms with Crippen LogP contribution in [0.25, 0.3) is 33.0 Å². The van der Waals surface area contributed by atoms with Crippen LogP contribution >= 0.6 is 0 Å². The number of hydrogen-bond acceptors (Lipinski definition) is 9. The van der Waals surface area contributed by atoms with E-state index in [1.165, 1.54) is 38.2 Å². The summed E-state index contributed by atoms with van der Waals surface area (Å²) in [5, 5.41) is 11.3. The average Bonchev–Trinajstić information content (AvgIpc) is 3.56. The number of rotatable bonds is 3. The fraction of sp³-hybridized carbons (Fsp3) is 0.469. The van der Waals surface area contributed by atoms with E-state index < -0.39 is 17.6 Å². The lowest BCUT2D eigenvalue weighted by Crippen LogP contribution is -2.60. The molecule has 0 amide bonds. The molecule has 0 radical (unpaired) electrons. The first-order valence-corrected chi connectivity index (χ1v) is 15.0. The van der Waals surface area contributed by atoms with Crippen molar-refractivity contribution in [3.8, 4) is 23.1 Å². The highest BCUT2D eigenvalue weighted by Crippen LogP contribution is 2.38. The van der Waals surface area contributed by atoms with Crippen molar-refractivity contribution < 1.29 is 23.0 Å². The molecule has 4 aromatic rings. The Hall–Kier alpha value is -3.83. The predicted molar refractivity (Wildman–Crippen MR) is 160 cm³/mol. The number of aromatic hydroxyl groups is 1. The molecule has 8 rings (SSSR count). The number of alkyl halides is 1. The van der Waals surface area contributed by atoms with E-state index >= 15 is 0 Å². The smallest absolute Gasteiger partial charge is 0.349 e. The molecule has 1 N–H and O–H groups in total. The second kappa shape index (κ2) is 11.0. The molecule has 0 bridgehead atoms. The molecule has 4 saturated heterocycles. The zero-order chi connectivity index (χ0) is 29.8. The summed E-state index contributed by atoms with van der Waals surface area (Å²) in [7, 11) is 1.48. The molecule has 4 fully saturated rings. The third kappa shape index (κ3) is 4.98. The zero-order valence-corrected chi connectivity index (χ0v) is 24.4. The summed E-state index contributed by atoms with van der Waals surface area (Å²) in [6.45, 7) is 7.11. The molecule has 0 aliphatic carbocycles. The Kier molecular flexibility index (Phi) is 7.17. The summed E-state index contributed by atoms with van der Waals surface area (Å²) in [6.07, 6.45) is 3.93. The second-order valence-electron chi connectivity index (χ2n) is 12.0. The lowest BCUT2D eigenvalue weighted by atomic mass is 9.98. The summed E-state index contributed by atoms with van der Waals surface area (Å²) in [5.41, 5.74) is 0.592. The van der Waals surface area contributed by atoms with Crippen LogP contribution in [-0.4, -0.2) is 89.5 Å². The minimum Gasteiger partial charge on any atom is -0.508 e. The number of phenolic OH excluding ortho intramolecular Hbond substituents is 1. The van der Waals surface area contributed by atoms with Crippen LogP contribution in [0.4, 0.5) is 14.6 Å². The number of aryl methyl sites for hydroxylation is 1. The van der Waals surface area contributed by atoms with Gasteiger partial charge in [-0.3, -0.25) is 9.80 Å². The number of benzene rings is 2. The monoisotopic (exact) mass is 591 g/mol. The van der Waals surface area contributed by atoms with Crippen LogP contribution in [0, 0.1) is 12.7 Å². The third-order valence-electron chi connectivity index (χ3n) is 9.42. The van der Waals surface area contributed by atoms with E-state index in [0.29, 0.717) is 40.9 Å². The van der Waals surface area contributed by atoms with Crippen LogP contribution in [0.15, 0.2) is 39.5 Å². The molecule has 2 aromatic heterocycles. The quantitative estimate of drug-likeness (QED) is 0.365. The van der Waals surface area contributed by atoms with Gasteiger partial charge in [0.15, 0.2) is 5.82 Å². The van der Waals surface area contributed by atoms with Gasteiger partial charge in [-0.1, -0.05) is 12.1 Å². The van der Waals surface area contributed by atoms with Crippen LogP contribution in [0.5, 0.6) is 11.8 Å². The molecule has 226 valence electrons. The molecule has 4 aliphatic heterocycles. The summed E-state index contributed by atoms with van der Waals surface area (Å²) in [4.78, 5) is 29.2. The van der Waals surface area contributed by atoms with Crippen molar-refractivity contribution >= 4 is 27.5 Å². The van der Waals surface area contributed by atoms with Crippen molar-refractivity contribution in [1.82, 2.24) is 19.8 Å². The van der Waals surface area contributed by atoms with E-state index in [2.05, 4.69) is 24.7 Å². The number of halogens is 2. The van der Waals surface area contributed by atoms with Gasteiger partial charge in [0.1, 0.15) is 28.9 Å². The first-order valence-electron chi connectivity index (χ1n) is 15.0. The molecule has 0 saturated carbocycles. The number of phenols is 1. The van der Waals surface area contributed by atoms with Crippen LogP contribution < -0.4 is 15.3 Å². The van der Waals surface area contributed by atoms with Crippen molar-refractivity contribution in [1.29, 1.82) is 0 Å². The molecular formula is C32H35F2N5O4. The van der Waals surface area contributed by atoms with E-state index in [1.807, 2.05) is 0 Å². The minimum atomic E-state index is -0.614. The van der Waals surface area contributed by atoms with Gasteiger partial charge < -0.3 is 19.2 Å². The fourth-order valence-electron chi connectivity index (χ4n) is 7.15. The Bertz CT molecular complexity index is 1750. The number of fused-ring (bicyclic) bond motifs is 4. The summed E-state index contributed by atoms with van der Waals surface area (Å²) in [6, 6.07) is 8.66. The standard InChI is InChI=1S/C25H23FN4O4.C7H12FN/c1-13-21-20(23(28-25(27-21)33-2)30-9-8-29-7-6-15(29)12-30)24(32)34-22(13)17-11-16(31)10-14-4-3-5-18(26)19(14)17;8-6-4-7-2-1-3-9(7)5-6/h3-5,10-11,15,31H,6-9,12H2,1-2H3;6-7H,1-5H2. The highest BCUT2D eigenvalue weighted by Gasteiger charge is 2.36. The maximum atomic E-state index is 14.9. The largest absolute Gasteiger partial charge is 0.508 e. The SMILES string of the molecule is COc1nc(N2CCN3CCC3C2)c2c(=O)oc(-c3cc(O)cc4cccc(F)c34)c(C)c2n1.FC1CC2CCCN2C1. The number of aromatic nitrogens is 2. The van der Waals surface area contributed by atoms with Crippen molar-refractivity contribution in [3.63, 3.8) is 0 Å². The van der Waals surface area contributed by atoms with E-state index in [9.17, 15) is 18.7 Å². The molecule has 3 unspecified atom stereocenters. The molecule has 3 atom stereocenters. The highest BCUT2D eigenvalue weighted by atomic mass is 19.1. The topological polar surface area (TPSA) is 95.2 Å². The Morgan fingerprint density at radius 1 is 1.02 bits per heavy atom. The van der Waals surface area contributed by atoms with Crippen LogP contribution in [0.2, 0.25) is 0 Å². The highest BCUT2D eigenvalue weighted by molar-refractivity contribution is 6.00. The molecule has 2 aromatic carbocycles. The number of hydrogen-bond donors (Lipinski definition) is 1. The Labute approximate surface area is 247 Å². The number of anilines is 1. The van der Waals surface area contributed by atoms with Crippen molar-refractivity contribution in [2.45, 2.75) is 50.9 Å². The maximum absolute atomic E-state index is 14.9. The van der Waals surface area contributed by atoms with Crippen molar-refractivity contribution in [2.75, 3.05) is 51.3 Å². The average molecular weight is 592 g/mol. The zero-order valence-electron chi connectivity index (χ0n) is 24.4. The van der Waals surface area contributed by atoms with Gasteiger partial charge in [-0.2, -0.15) is 9.97 Å². The van der Waals surface area contributed by atoms with E-state index in [4.69, 9.17) is 9.15 Å². The van der Waals surface area contributed by atoms with Crippen molar-refractivity contribution in [3.05, 3.63) is 52.1 Å². The number of piperazine rings is 1. The lowest BCUT2D eigenvalue weighted by molar-refractivity contribution is 0.0783. The molecular weight excluding hydrogens is 556 g/mol. The van der Waals surface area contributed by atoms with Gasteiger partial charge in [0, 0.05) is 61.3 Å². The number of nitrogens with zero attached hydrogens (tertiary/aromatic N) is 5. The molecule has 6 heterocycles. The third-order valence-corrected chi connectivity index (χ3v) is 9.42.